The second-order valence-electron chi connectivity index (χ2n) is 4.13. The maximum absolute atomic E-state index is 11.9. The first-order chi connectivity index (χ1) is 9.93. The maximum atomic E-state index is 11.9. The molecule has 8 nitrogen and oxygen atoms in total. The van der Waals surface area contributed by atoms with Crippen LogP contribution in [-0.2, 0) is 9.53 Å². The van der Waals surface area contributed by atoms with Crippen LogP contribution in [0, 0.1) is 0 Å². The number of anilines is 1. The van der Waals surface area contributed by atoms with Gasteiger partial charge in [0.05, 0.1) is 17.9 Å². The number of carboxylic acids is 1. The number of rotatable bonds is 7. The normalized spacial score (nSPS) is 9.95. The molecule has 0 aliphatic heterocycles. The molecule has 4 N–H and O–H groups in total. The zero-order valence-corrected chi connectivity index (χ0v) is 11.5. The third-order valence-corrected chi connectivity index (χ3v) is 2.57. The van der Waals surface area contributed by atoms with Crippen molar-refractivity contribution in [1.29, 1.82) is 0 Å². The molecule has 0 unspecified atom stereocenters. The summed E-state index contributed by atoms with van der Waals surface area (Å²) in [6, 6.07) is 5.69. The fourth-order valence-electron chi connectivity index (χ4n) is 1.58. The van der Waals surface area contributed by atoms with Crippen molar-refractivity contribution in [1.82, 2.24) is 5.32 Å². The van der Waals surface area contributed by atoms with Crippen LogP contribution >= 0.6 is 0 Å². The molecule has 0 aromatic heterocycles. The molecule has 1 aromatic rings. The summed E-state index contributed by atoms with van der Waals surface area (Å²) in [6.45, 7) is 0.0857. The number of urea groups is 1. The van der Waals surface area contributed by atoms with E-state index in [4.69, 9.17) is 15.6 Å². The first-order valence-corrected chi connectivity index (χ1v) is 6.13. The van der Waals surface area contributed by atoms with Crippen molar-refractivity contribution in [2.45, 2.75) is 0 Å². The molecular formula is C13H17N3O5. The molecule has 1 rings (SSSR count). The van der Waals surface area contributed by atoms with Crippen LogP contribution in [0.2, 0.25) is 0 Å². The highest BCUT2D eigenvalue weighted by atomic mass is 16.5. The zero-order valence-electron chi connectivity index (χ0n) is 11.5. The van der Waals surface area contributed by atoms with Crippen LogP contribution in [0.5, 0.6) is 0 Å². The summed E-state index contributed by atoms with van der Waals surface area (Å²) < 4.78 is 4.89. The lowest BCUT2D eigenvalue weighted by Gasteiger charge is -2.19. The molecule has 1 aromatic carbocycles. The van der Waals surface area contributed by atoms with Crippen LogP contribution in [0.1, 0.15) is 10.4 Å². The Balaban J connectivity index is 2.55. The van der Waals surface area contributed by atoms with Gasteiger partial charge in [0.2, 0.25) is 5.91 Å². The van der Waals surface area contributed by atoms with Crippen molar-refractivity contribution in [3.63, 3.8) is 0 Å². The molecule has 0 atom stereocenters. The summed E-state index contributed by atoms with van der Waals surface area (Å²) in [4.78, 5) is 34.6. The van der Waals surface area contributed by atoms with Gasteiger partial charge in [-0.15, -0.1) is 0 Å². The van der Waals surface area contributed by atoms with Gasteiger partial charge in [0.15, 0.2) is 0 Å². The number of ether oxygens (including phenoxy) is 1. The summed E-state index contributed by atoms with van der Waals surface area (Å²) >= 11 is 0. The number of nitrogens with zero attached hydrogens (tertiary/aromatic N) is 1. The van der Waals surface area contributed by atoms with Crippen LogP contribution in [0.15, 0.2) is 24.3 Å². The number of para-hydroxylation sites is 1. The van der Waals surface area contributed by atoms with E-state index in [2.05, 4.69) is 5.32 Å². The Morgan fingerprint density at radius 3 is 2.62 bits per heavy atom. The van der Waals surface area contributed by atoms with Crippen molar-refractivity contribution < 1.29 is 24.2 Å². The molecule has 8 heteroatoms. The van der Waals surface area contributed by atoms with Gasteiger partial charge in [-0.1, -0.05) is 12.1 Å². The average molecular weight is 295 g/mol. The Morgan fingerprint density at radius 2 is 2.00 bits per heavy atom. The van der Waals surface area contributed by atoms with E-state index in [1.165, 1.54) is 24.1 Å². The second-order valence-corrected chi connectivity index (χ2v) is 4.13. The Bertz CT molecular complexity index is 532. The van der Waals surface area contributed by atoms with Gasteiger partial charge in [-0.3, -0.25) is 9.69 Å². The van der Waals surface area contributed by atoms with Crippen LogP contribution in [0.25, 0.3) is 0 Å². The standard InChI is InChI=1S/C13H17N3O5/c1-16(10-5-3-2-4-9(10)12(18)19)13(20)15-6-7-21-8-11(14)17/h2-5H,6-8H2,1H3,(H2,14,17)(H,15,20)(H,18,19). The summed E-state index contributed by atoms with van der Waals surface area (Å²) in [5, 5.41) is 11.6. The number of aromatic carboxylic acids is 1. The molecule has 114 valence electrons. The summed E-state index contributed by atoms with van der Waals surface area (Å²) in [5.74, 6) is -1.70. The molecule has 21 heavy (non-hydrogen) atoms. The third kappa shape index (κ3) is 5.11. The van der Waals surface area contributed by atoms with E-state index < -0.39 is 17.9 Å². The van der Waals surface area contributed by atoms with Crippen LogP contribution in [0.4, 0.5) is 10.5 Å². The maximum Gasteiger partial charge on any atom is 0.337 e. The van der Waals surface area contributed by atoms with Crippen molar-refractivity contribution in [2.24, 2.45) is 5.73 Å². The Kier molecular flexibility index (Phi) is 6.15. The zero-order chi connectivity index (χ0) is 15.8. The van der Waals surface area contributed by atoms with Gasteiger partial charge in [0.25, 0.3) is 0 Å². The number of hydrogen-bond acceptors (Lipinski definition) is 4. The number of carbonyl (C=O) groups excluding carboxylic acids is 2. The number of primary amides is 1. The smallest absolute Gasteiger partial charge is 0.337 e. The molecule has 0 bridgehead atoms. The molecule has 0 aliphatic carbocycles. The van der Waals surface area contributed by atoms with Gasteiger partial charge in [-0.05, 0) is 12.1 Å². The van der Waals surface area contributed by atoms with Gasteiger partial charge in [0, 0.05) is 13.6 Å². The summed E-state index contributed by atoms with van der Waals surface area (Å²) in [5.41, 5.74) is 5.19. The Labute approximate surface area is 121 Å². The average Bonchev–Trinajstić information content (AvgIpc) is 2.45. The first-order valence-electron chi connectivity index (χ1n) is 6.13. The van der Waals surface area contributed by atoms with Gasteiger partial charge in [0.1, 0.15) is 6.61 Å². The predicted octanol–water partition coefficient (Wildman–Crippen LogP) is 0.0325. The number of hydrogen-bond donors (Lipinski definition) is 3. The van der Waals surface area contributed by atoms with Gasteiger partial charge in [-0.2, -0.15) is 0 Å². The third-order valence-electron chi connectivity index (χ3n) is 2.57. The molecule has 0 heterocycles. The van der Waals surface area contributed by atoms with E-state index >= 15 is 0 Å². The lowest BCUT2D eigenvalue weighted by molar-refractivity contribution is -0.122. The number of carboxylic acid groups (broad SMARTS) is 1. The minimum absolute atomic E-state index is 0.0279. The van der Waals surface area contributed by atoms with Crippen LogP contribution < -0.4 is 16.0 Å². The minimum Gasteiger partial charge on any atom is -0.478 e. The molecule has 0 saturated heterocycles. The van der Waals surface area contributed by atoms with Crippen LogP contribution in [0.3, 0.4) is 0 Å². The highest BCUT2D eigenvalue weighted by Crippen LogP contribution is 2.18. The SMILES string of the molecule is CN(C(=O)NCCOCC(N)=O)c1ccccc1C(=O)O. The highest BCUT2D eigenvalue weighted by molar-refractivity contribution is 6.01. The van der Waals surface area contributed by atoms with E-state index in [9.17, 15) is 14.4 Å². The lowest BCUT2D eigenvalue weighted by atomic mass is 10.1. The van der Waals surface area contributed by atoms with Gasteiger partial charge >= 0.3 is 12.0 Å². The van der Waals surface area contributed by atoms with E-state index in [0.29, 0.717) is 0 Å². The van der Waals surface area contributed by atoms with Gasteiger partial charge in [-0.25, -0.2) is 9.59 Å². The molecular weight excluding hydrogens is 278 g/mol. The number of nitrogens with two attached hydrogens (primary N) is 1. The van der Waals surface area contributed by atoms with E-state index in [-0.39, 0.29) is 31.0 Å². The molecule has 0 spiro atoms. The second kappa shape index (κ2) is 7.85. The van der Waals surface area contributed by atoms with E-state index in [1.807, 2.05) is 0 Å². The summed E-state index contributed by atoms with van der Waals surface area (Å²) in [6.07, 6.45) is 0. The molecule has 0 radical (unpaired) electrons. The predicted molar refractivity (Wildman–Crippen MR) is 75.2 cm³/mol. The monoisotopic (exact) mass is 295 g/mol. The Hall–Kier alpha value is -2.61. The number of benzene rings is 1. The van der Waals surface area contributed by atoms with Crippen LogP contribution in [-0.4, -0.2) is 49.8 Å². The topological polar surface area (TPSA) is 122 Å². The fourth-order valence-corrected chi connectivity index (χ4v) is 1.58. The molecule has 3 amide bonds. The van der Waals surface area contributed by atoms with E-state index in [0.717, 1.165) is 0 Å². The quantitative estimate of drug-likeness (QED) is 0.613. The van der Waals surface area contributed by atoms with Crippen molar-refractivity contribution in [3.8, 4) is 0 Å². The van der Waals surface area contributed by atoms with Crippen molar-refractivity contribution in [2.75, 3.05) is 31.7 Å². The van der Waals surface area contributed by atoms with Crippen molar-refractivity contribution in [3.05, 3.63) is 29.8 Å². The fraction of sp³-hybridized carbons (Fsp3) is 0.308. The highest BCUT2D eigenvalue weighted by Gasteiger charge is 2.17. The summed E-state index contributed by atoms with van der Waals surface area (Å²) in [7, 11) is 1.46. The number of nitrogens with one attached hydrogen (secondary N) is 1. The largest absolute Gasteiger partial charge is 0.478 e. The minimum atomic E-state index is -1.12. The Morgan fingerprint density at radius 1 is 1.33 bits per heavy atom. The molecule has 0 saturated carbocycles. The lowest BCUT2D eigenvalue weighted by Crippen LogP contribution is -2.39. The molecule has 0 aliphatic rings. The van der Waals surface area contributed by atoms with E-state index in [1.54, 1.807) is 12.1 Å². The first kappa shape index (κ1) is 16.4. The van der Waals surface area contributed by atoms with Gasteiger partial charge < -0.3 is 20.9 Å². The number of carbonyl (C=O) groups is 3. The number of amides is 3. The molecule has 0 fully saturated rings. The van der Waals surface area contributed by atoms with Crippen molar-refractivity contribution >= 4 is 23.6 Å².